The molecule has 74 valence electrons. The van der Waals surface area contributed by atoms with Crippen molar-refractivity contribution in [2.45, 2.75) is 6.42 Å². The molecule has 1 aliphatic heterocycles. The molecule has 4 nitrogen and oxygen atoms in total. The predicted octanol–water partition coefficient (Wildman–Crippen LogP) is 1.71. The Morgan fingerprint density at radius 3 is 3.07 bits per heavy atom. The Hall–Kier alpha value is -1.07. The summed E-state index contributed by atoms with van der Waals surface area (Å²) in [6.07, 6.45) is 0.768. The van der Waals surface area contributed by atoms with Crippen LogP contribution in [0.5, 0.6) is 0 Å². The molecule has 0 radical (unpaired) electrons. The number of rotatable bonds is 0. The van der Waals surface area contributed by atoms with Gasteiger partial charge >= 0.3 is 6.03 Å². The van der Waals surface area contributed by atoms with Crippen molar-refractivity contribution in [2.75, 3.05) is 11.9 Å². The summed E-state index contributed by atoms with van der Waals surface area (Å²) < 4.78 is 1.01. The molecule has 0 saturated heterocycles. The molecule has 1 heterocycles. The fraction of sp³-hybridized carbons (Fsp3) is 0.222. The number of carbonyl (C=O) groups excluding carboxylic acids is 1. The monoisotopic (exact) mass is 255 g/mol. The van der Waals surface area contributed by atoms with Crippen LogP contribution in [-0.4, -0.2) is 17.6 Å². The van der Waals surface area contributed by atoms with Crippen LogP contribution in [0.25, 0.3) is 0 Å². The average molecular weight is 256 g/mol. The van der Waals surface area contributed by atoms with Crippen molar-refractivity contribution in [3.05, 3.63) is 28.2 Å². The van der Waals surface area contributed by atoms with Gasteiger partial charge in [-0.15, -0.1) is 0 Å². The number of benzene rings is 1. The number of anilines is 1. The number of amides is 2. The molecule has 0 bridgehead atoms. The first-order chi connectivity index (χ1) is 6.66. The minimum absolute atomic E-state index is 0.258. The van der Waals surface area contributed by atoms with Gasteiger partial charge in [-0.3, -0.25) is 5.01 Å². The Morgan fingerprint density at radius 1 is 1.50 bits per heavy atom. The van der Waals surface area contributed by atoms with Gasteiger partial charge in [0.2, 0.25) is 0 Å². The van der Waals surface area contributed by atoms with E-state index in [0.29, 0.717) is 6.54 Å². The lowest BCUT2D eigenvalue weighted by Gasteiger charge is -2.11. The SMILES string of the molecule is NN1CCc2cc(Br)ccc2NC1=O. The second-order valence-electron chi connectivity index (χ2n) is 3.18. The van der Waals surface area contributed by atoms with Crippen molar-refractivity contribution in [3.63, 3.8) is 0 Å². The van der Waals surface area contributed by atoms with Gasteiger partial charge < -0.3 is 5.32 Å². The van der Waals surface area contributed by atoms with Crippen LogP contribution in [0.2, 0.25) is 0 Å². The molecule has 0 atom stereocenters. The minimum atomic E-state index is -0.258. The summed E-state index contributed by atoms with van der Waals surface area (Å²) in [6, 6.07) is 5.50. The lowest BCUT2D eigenvalue weighted by molar-refractivity contribution is 0.214. The molecule has 1 aromatic carbocycles. The van der Waals surface area contributed by atoms with E-state index in [1.807, 2.05) is 18.2 Å². The van der Waals surface area contributed by atoms with Crippen molar-refractivity contribution in [3.8, 4) is 0 Å². The third-order valence-corrected chi connectivity index (χ3v) is 2.69. The lowest BCUT2D eigenvalue weighted by atomic mass is 10.1. The number of hydrogen-bond acceptors (Lipinski definition) is 2. The van der Waals surface area contributed by atoms with Crippen LogP contribution in [0.3, 0.4) is 0 Å². The Kier molecular flexibility index (Phi) is 2.43. The van der Waals surface area contributed by atoms with Gasteiger partial charge in [-0.05, 0) is 30.2 Å². The number of urea groups is 1. The summed E-state index contributed by atoms with van der Waals surface area (Å²) in [7, 11) is 0. The van der Waals surface area contributed by atoms with Crippen molar-refractivity contribution >= 4 is 27.6 Å². The van der Waals surface area contributed by atoms with Crippen molar-refractivity contribution in [1.29, 1.82) is 0 Å². The highest BCUT2D eigenvalue weighted by Gasteiger charge is 2.16. The van der Waals surface area contributed by atoms with Crippen molar-refractivity contribution in [2.24, 2.45) is 5.84 Å². The Morgan fingerprint density at radius 2 is 2.29 bits per heavy atom. The van der Waals surface area contributed by atoms with E-state index in [0.717, 1.165) is 22.1 Å². The van der Waals surface area contributed by atoms with Gasteiger partial charge in [0.15, 0.2) is 0 Å². The number of nitrogens with two attached hydrogens (primary N) is 1. The maximum atomic E-state index is 11.3. The number of fused-ring (bicyclic) bond motifs is 1. The van der Waals surface area contributed by atoms with E-state index in [1.165, 1.54) is 5.01 Å². The summed E-state index contributed by atoms with van der Waals surface area (Å²) in [6.45, 7) is 0.537. The van der Waals surface area contributed by atoms with Gasteiger partial charge in [0.1, 0.15) is 0 Å². The molecule has 1 aromatic rings. The first kappa shape index (κ1) is 9.48. The lowest BCUT2D eigenvalue weighted by Crippen LogP contribution is -2.40. The summed E-state index contributed by atoms with van der Waals surface area (Å²) in [4.78, 5) is 11.3. The van der Waals surface area contributed by atoms with Gasteiger partial charge in [-0.2, -0.15) is 0 Å². The second-order valence-corrected chi connectivity index (χ2v) is 4.09. The molecular weight excluding hydrogens is 246 g/mol. The number of nitrogens with one attached hydrogen (secondary N) is 1. The molecule has 1 aliphatic rings. The Bertz CT molecular complexity index is 380. The molecule has 0 fully saturated rings. The number of halogens is 1. The van der Waals surface area contributed by atoms with Crippen molar-refractivity contribution in [1.82, 2.24) is 5.01 Å². The summed E-state index contributed by atoms with van der Waals surface area (Å²) in [5, 5.41) is 3.93. The van der Waals surface area contributed by atoms with E-state index in [4.69, 9.17) is 5.84 Å². The van der Waals surface area contributed by atoms with Crippen LogP contribution >= 0.6 is 15.9 Å². The van der Waals surface area contributed by atoms with Crippen LogP contribution in [0.15, 0.2) is 22.7 Å². The van der Waals surface area contributed by atoms with E-state index in [2.05, 4.69) is 21.2 Å². The van der Waals surface area contributed by atoms with E-state index in [-0.39, 0.29) is 6.03 Å². The van der Waals surface area contributed by atoms with E-state index in [1.54, 1.807) is 0 Å². The van der Waals surface area contributed by atoms with Crippen LogP contribution in [0.1, 0.15) is 5.56 Å². The molecular formula is C9H10BrN3O. The zero-order valence-electron chi connectivity index (χ0n) is 7.46. The van der Waals surface area contributed by atoms with E-state index in [9.17, 15) is 4.79 Å². The van der Waals surface area contributed by atoms with Gasteiger partial charge in [-0.25, -0.2) is 10.6 Å². The molecule has 0 spiro atoms. The molecule has 2 amide bonds. The smallest absolute Gasteiger partial charge is 0.306 e. The van der Waals surface area contributed by atoms with Crippen molar-refractivity contribution < 1.29 is 4.79 Å². The van der Waals surface area contributed by atoms with Crippen LogP contribution in [-0.2, 0) is 6.42 Å². The number of hydrogen-bond donors (Lipinski definition) is 2. The van der Waals surface area contributed by atoms with E-state index >= 15 is 0 Å². The van der Waals surface area contributed by atoms with Crippen LogP contribution in [0, 0.1) is 0 Å². The first-order valence-electron chi connectivity index (χ1n) is 4.28. The number of hydrazine groups is 1. The highest BCUT2D eigenvalue weighted by atomic mass is 79.9. The highest BCUT2D eigenvalue weighted by Crippen LogP contribution is 2.23. The highest BCUT2D eigenvalue weighted by molar-refractivity contribution is 9.10. The predicted molar refractivity (Wildman–Crippen MR) is 57.8 cm³/mol. The summed E-state index contributed by atoms with van der Waals surface area (Å²) in [5.41, 5.74) is 1.94. The van der Waals surface area contributed by atoms with Gasteiger partial charge in [-0.1, -0.05) is 15.9 Å². The number of nitrogens with zero attached hydrogens (tertiary/aromatic N) is 1. The van der Waals surface area contributed by atoms with Crippen LogP contribution in [0.4, 0.5) is 10.5 Å². The summed E-state index contributed by atoms with van der Waals surface area (Å²) in [5.74, 6) is 5.51. The zero-order valence-corrected chi connectivity index (χ0v) is 9.04. The maximum Gasteiger partial charge on any atom is 0.335 e. The van der Waals surface area contributed by atoms with E-state index < -0.39 is 0 Å². The molecule has 0 saturated carbocycles. The molecule has 3 N–H and O–H groups in total. The standard InChI is InChI=1S/C9H10BrN3O/c10-7-1-2-8-6(5-7)3-4-13(11)9(14)12-8/h1-2,5H,3-4,11H2,(H,12,14). The Balaban J connectivity index is 2.37. The molecule has 0 unspecified atom stereocenters. The normalized spacial score (nSPS) is 15.9. The largest absolute Gasteiger partial charge is 0.335 e. The first-order valence-corrected chi connectivity index (χ1v) is 5.08. The average Bonchev–Trinajstić information content (AvgIpc) is 2.29. The van der Waals surface area contributed by atoms with Gasteiger partial charge in [0.05, 0.1) is 0 Å². The molecule has 5 heteroatoms. The van der Waals surface area contributed by atoms with Gasteiger partial charge in [0.25, 0.3) is 0 Å². The zero-order chi connectivity index (χ0) is 10.1. The molecule has 2 rings (SSSR count). The summed E-state index contributed by atoms with van der Waals surface area (Å²) >= 11 is 3.39. The Labute approximate surface area is 90.2 Å². The van der Waals surface area contributed by atoms with Gasteiger partial charge in [0, 0.05) is 16.7 Å². The molecule has 0 aliphatic carbocycles. The third-order valence-electron chi connectivity index (χ3n) is 2.19. The fourth-order valence-corrected chi connectivity index (χ4v) is 1.83. The quantitative estimate of drug-likeness (QED) is 0.548. The maximum absolute atomic E-state index is 11.3. The molecule has 14 heavy (non-hydrogen) atoms. The number of carbonyl (C=O) groups is 1. The van der Waals surface area contributed by atoms with Crippen LogP contribution < -0.4 is 11.2 Å². The molecule has 0 aromatic heterocycles. The second kappa shape index (κ2) is 3.59. The minimum Gasteiger partial charge on any atom is -0.306 e. The topological polar surface area (TPSA) is 58.4 Å². The fourth-order valence-electron chi connectivity index (χ4n) is 1.42. The third kappa shape index (κ3) is 1.73.